The van der Waals surface area contributed by atoms with Crippen molar-refractivity contribution >= 4 is 48.9 Å². The molecule has 1 heterocycles. The molecular weight excluding hydrogens is 412 g/mol. The Morgan fingerprint density at radius 1 is 1.24 bits per heavy atom. The van der Waals surface area contributed by atoms with Gasteiger partial charge in [0.25, 0.3) is 0 Å². The molecule has 0 saturated carbocycles. The standard InChI is InChI=1S/C16H20Br2N2S/c1-4-19-11(2)15-8-12(17)5-6-16(15)20(3)9-14-7-13(18)10-21-14/h5-8,10-11,19H,4,9H2,1-3H3. The van der Waals surface area contributed by atoms with Crippen LogP contribution in [0.3, 0.4) is 0 Å². The van der Waals surface area contributed by atoms with Crippen molar-refractivity contribution in [3.63, 3.8) is 0 Å². The highest BCUT2D eigenvalue weighted by atomic mass is 79.9. The van der Waals surface area contributed by atoms with E-state index in [2.05, 4.69) is 92.6 Å². The minimum atomic E-state index is 0.333. The molecule has 0 bridgehead atoms. The number of hydrogen-bond donors (Lipinski definition) is 1. The molecule has 1 aromatic heterocycles. The fourth-order valence-corrected chi connectivity index (χ4v) is 4.27. The van der Waals surface area contributed by atoms with Crippen molar-refractivity contribution in [2.24, 2.45) is 0 Å². The summed E-state index contributed by atoms with van der Waals surface area (Å²) in [6, 6.07) is 9.03. The van der Waals surface area contributed by atoms with Crippen LogP contribution in [0.25, 0.3) is 0 Å². The van der Waals surface area contributed by atoms with E-state index < -0.39 is 0 Å². The molecule has 0 saturated heterocycles. The molecule has 2 rings (SSSR count). The molecular formula is C16H20Br2N2S. The Labute approximate surface area is 147 Å². The van der Waals surface area contributed by atoms with Gasteiger partial charge in [-0.2, -0.15) is 0 Å². The summed E-state index contributed by atoms with van der Waals surface area (Å²) in [5.74, 6) is 0. The summed E-state index contributed by atoms with van der Waals surface area (Å²) in [7, 11) is 2.15. The zero-order chi connectivity index (χ0) is 15.4. The molecule has 0 aliphatic rings. The number of benzene rings is 1. The number of halogens is 2. The van der Waals surface area contributed by atoms with Gasteiger partial charge in [0.15, 0.2) is 0 Å². The van der Waals surface area contributed by atoms with Gasteiger partial charge in [-0.15, -0.1) is 11.3 Å². The largest absolute Gasteiger partial charge is 0.369 e. The second kappa shape index (κ2) is 7.77. The Morgan fingerprint density at radius 2 is 2.00 bits per heavy atom. The molecule has 1 unspecified atom stereocenters. The lowest BCUT2D eigenvalue weighted by Gasteiger charge is -2.25. The summed E-state index contributed by atoms with van der Waals surface area (Å²) in [6.45, 7) is 6.24. The monoisotopic (exact) mass is 430 g/mol. The highest BCUT2D eigenvalue weighted by molar-refractivity contribution is 9.10. The van der Waals surface area contributed by atoms with Crippen LogP contribution in [0.5, 0.6) is 0 Å². The maximum atomic E-state index is 3.58. The van der Waals surface area contributed by atoms with Gasteiger partial charge in [-0.25, -0.2) is 0 Å². The van der Waals surface area contributed by atoms with Crippen LogP contribution in [0.2, 0.25) is 0 Å². The predicted octanol–water partition coefficient (Wildman–Crippen LogP) is 5.58. The van der Waals surface area contributed by atoms with E-state index in [9.17, 15) is 0 Å². The Morgan fingerprint density at radius 3 is 2.62 bits per heavy atom. The maximum Gasteiger partial charge on any atom is 0.0520 e. The van der Waals surface area contributed by atoms with E-state index in [1.165, 1.54) is 16.1 Å². The SMILES string of the molecule is CCNC(C)c1cc(Br)ccc1N(C)Cc1cc(Br)cs1. The average Bonchev–Trinajstić information content (AvgIpc) is 2.84. The average molecular weight is 432 g/mol. The van der Waals surface area contributed by atoms with E-state index in [1.54, 1.807) is 11.3 Å². The van der Waals surface area contributed by atoms with Gasteiger partial charge in [-0.3, -0.25) is 0 Å². The van der Waals surface area contributed by atoms with Gasteiger partial charge >= 0.3 is 0 Å². The summed E-state index contributed by atoms with van der Waals surface area (Å²) in [5.41, 5.74) is 2.60. The van der Waals surface area contributed by atoms with Crippen LogP contribution in [0.4, 0.5) is 5.69 Å². The van der Waals surface area contributed by atoms with Crippen molar-refractivity contribution < 1.29 is 0 Å². The third-order valence-corrected chi connectivity index (χ3v) is 5.57. The Bertz CT molecular complexity index is 598. The lowest BCUT2D eigenvalue weighted by molar-refractivity contribution is 0.596. The summed E-state index contributed by atoms with van der Waals surface area (Å²) in [4.78, 5) is 3.67. The Kier molecular flexibility index (Phi) is 6.29. The van der Waals surface area contributed by atoms with Crippen LogP contribution in [0.1, 0.15) is 30.3 Å². The molecule has 21 heavy (non-hydrogen) atoms. The molecule has 0 amide bonds. The summed E-state index contributed by atoms with van der Waals surface area (Å²) < 4.78 is 2.28. The number of thiophene rings is 1. The van der Waals surface area contributed by atoms with Crippen LogP contribution in [-0.4, -0.2) is 13.6 Å². The van der Waals surface area contributed by atoms with Crippen LogP contribution in [0.15, 0.2) is 38.6 Å². The first kappa shape index (κ1) is 17.0. The van der Waals surface area contributed by atoms with Crippen molar-refractivity contribution in [3.05, 3.63) is 49.0 Å². The molecule has 0 aliphatic carbocycles. The van der Waals surface area contributed by atoms with Crippen molar-refractivity contribution in [2.45, 2.75) is 26.4 Å². The van der Waals surface area contributed by atoms with Crippen LogP contribution in [-0.2, 0) is 6.54 Å². The van der Waals surface area contributed by atoms with Gasteiger partial charge in [0.2, 0.25) is 0 Å². The summed E-state index contributed by atoms with van der Waals surface area (Å²) in [5, 5.41) is 5.63. The van der Waals surface area contributed by atoms with Crippen LogP contribution in [0, 0.1) is 0 Å². The molecule has 114 valence electrons. The molecule has 2 aromatic rings. The molecule has 0 radical (unpaired) electrons. The topological polar surface area (TPSA) is 15.3 Å². The Balaban J connectivity index is 2.25. The fraction of sp³-hybridized carbons (Fsp3) is 0.375. The number of nitrogens with one attached hydrogen (secondary N) is 1. The first-order valence-electron chi connectivity index (χ1n) is 6.98. The van der Waals surface area contributed by atoms with Crippen molar-refractivity contribution in [3.8, 4) is 0 Å². The smallest absolute Gasteiger partial charge is 0.0520 e. The lowest BCUT2D eigenvalue weighted by atomic mass is 10.1. The quantitative estimate of drug-likeness (QED) is 0.642. The van der Waals surface area contributed by atoms with E-state index in [0.717, 1.165) is 22.0 Å². The predicted molar refractivity (Wildman–Crippen MR) is 100 cm³/mol. The van der Waals surface area contributed by atoms with Gasteiger partial charge in [-0.05, 0) is 59.2 Å². The first-order chi connectivity index (χ1) is 10.0. The molecule has 1 atom stereocenters. The van der Waals surface area contributed by atoms with E-state index in [4.69, 9.17) is 0 Å². The van der Waals surface area contributed by atoms with Crippen molar-refractivity contribution in [2.75, 3.05) is 18.5 Å². The number of hydrogen-bond acceptors (Lipinski definition) is 3. The lowest BCUT2D eigenvalue weighted by Crippen LogP contribution is -2.23. The molecule has 1 N–H and O–H groups in total. The highest BCUT2D eigenvalue weighted by Gasteiger charge is 2.14. The van der Waals surface area contributed by atoms with Crippen LogP contribution < -0.4 is 10.2 Å². The van der Waals surface area contributed by atoms with E-state index in [1.807, 2.05) is 0 Å². The zero-order valence-electron chi connectivity index (χ0n) is 12.5. The second-order valence-electron chi connectivity index (χ2n) is 5.07. The Hall–Kier alpha value is -0.360. The first-order valence-corrected chi connectivity index (χ1v) is 9.44. The zero-order valence-corrected chi connectivity index (χ0v) is 16.5. The molecule has 0 fully saturated rings. The summed E-state index contributed by atoms with van der Waals surface area (Å²) in [6.07, 6.45) is 0. The van der Waals surface area contributed by atoms with Gasteiger partial charge in [0, 0.05) is 38.0 Å². The fourth-order valence-electron chi connectivity index (χ4n) is 2.39. The molecule has 5 heteroatoms. The molecule has 1 aromatic carbocycles. The summed E-state index contributed by atoms with van der Waals surface area (Å²) >= 11 is 8.89. The van der Waals surface area contributed by atoms with Gasteiger partial charge in [0.05, 0.1) is 6.54 Å². The third kappa shape index (κ3) is 4.55. The molecule has 2 nitrogen and oxygen atoms in total. The van der Waals surface area contributed by atoms with E-state index in [0.29, 0.717) is 6.04 Å². The van der Waals surface area contributed by atoms with E-state index >= 15 is 0 Å². The molecule has 0 aliphatic heterocycles. The minimum Gasteiger partial charge on any atom is -0.369 e. The van der Waals surface area contributed by atoms with Crippen molar-refractivity contribution in [1.29, 1.82) is 0 Å². The normalized spacial score (nSPS) is 12.4. The number of rotatable bonds is 6. The van der Waals surface area contributed by atoms with Crippen LogP contribution >= 0.6 is 43.2 Å². The van der Waals surface area contributed by atoms with Gasteiger partial charge in [0.1, 0.15) is 0 Å². The third-order valence-electron chi connectivity index (χ3n) is 3.39. The van der Waals surface area contributed by atoms with Crippen molar-refractivity contribution in [1.82, 2.24) is 5.32 Å². The highest BCUT2D eigenvalue weighted by Crippen LogP contribution is 2.31. The van der Waals surface area contributed by atoms with Gasteiger partial charge in [-0.1, -0.05) is 22.9 Å². The molecule has 0 spiro atoms. The maximum absolute atomic E-state index is 3.58. The van der Waals surface area contributed by atoms with E-state index in [-0.39, 0.29) is 0 Å². The number of anilines is 1. The van der Waals surface area contributed by atoms with Gasteiger partial charge < -0.3 is 10.2 Å². The number of nitrogens with zero attached hydrogens (tertiary/aromatic N) is 1. The minimum absolute atomic E-state index is 0.333. The second-order valence-corrected chi connectivity index (χ2v) is 7.90.